The molecule has 27 heavy (non-hydrogen) atoms. The zero-order valence-electron chi connectivity index (χ0n) is 16.6. The minimum Gasteiger partial charge on any atom is -0.494 e. The normalized spacial score (nSPS) is 23.8. The van der Waals surface area contributed by atoms with Crippen molar-refractivity contribution in [1.29, 1.82) is 0 Å². The van der Waals surface area contributed by atoms with Gasteiger partial charge in [-0.25, -0.2) is 0 Å². The average Bonchev–Trinajstić information content (AvgIpc) is 3.09. The first-order chi connectivity index (χ1) is 13.0. The highest BCUT2D eigenvalue weighted by molar-refractivity contribution is 5.97. The van der Waals surface area contributed by atoms with Gasteiger partial charge in [0.05, 0.1) is 12.8 Å². The Balaban J connectivity index is 1.61. The molecule has 6 heteroatoms. The fourth-order valence-corrected chi connectivity index (χ4v) is 3.94. The quantitative estimate of drug-likeness (QED) is 0.802. The lowest BCUT2D eigenvalue weighted by molar-refractivity contribution is -0.122. The molecule has 3 rings (SSSR count). The number of ether oxygens (including phenoxy) is 1. The molecule has 2 fully saturated rings. The maximum absolute atomic E-state index is 12.5. The number of benzene rings is 1. The van der Waals surface area contributed by atoms with Gasteiger partial charge < -0.3 is 20.3 Å². The molecule has 1 unspecified atom stereocenters. The van der Waals surface area contributed by atoms with Gasteiger partial charge in [-0.3, -0.25) is 9.59 Å². The highest BCUT2D eigenvalue weighted by Crippen LogP contribution is 2.34. The van der Waals surface area contributed by atoms with Crippen LogP contribution in [0.1, 0.15) is 52.4 Å². The summed E-state index contributed by atoms with van der Waals surface area (Å²) < 4.78 is 5.49. The Morgan fingerprint density at radius 3 is 2.63 bits per heavy atom. The van der Waals surface area contributed by atoms with Crippen LogP contribution in [0.2, 0.25) is 0 Å². The summed E-state index contributed by atoms with van der Waals surface area (Å²) in [5.74, 6) is 1.56. The van der Waals surface area contributed by atoms with E-state index in [1.54, 1.807) is 12.0 Å². The Morgan fingerprint density at radius 2 is 2.00 bits per heavy atom. The minimum absolute atomic E-state index is 0.0207. The van der Waals surface area contributed by atoms with E-state index in [0.29, 0.717) is 12.2 Å². The molecular formula is C21H31N3O3. The first-order valence-corrected chi connectivity index (χ1v) is 10.0. The lowest BCUT2D eigenvalue weighted by Crippen LogP contribution is -2.44. The molecule has 1 aliphatic carbocycles. The number of methoxy groups -OCH3 is 1. The van der Waals surface area contributed by atoms with E-state index in [9.17, 15) is 9.59 Å². The zero-order chi connectivity index (χ0) is 19.4. The predicted octanol–water partition coefficient (Wildman–Crippen LogP) is 3.32. The Hall–Kier alpha value is -2.24. The van der Waals surface area contributed by atoms with Crippen molar-refractivity contribution >= 4 is 23.2 Å². The summed E-state index contributed by atoms with van der Waals surface area (Å²) in [7, 11) is 1.60. The second kappa shape index (κ2) is 8.63. The van der Waals surface area contributed by atoms with Gasteiger partial charge >= 0.3 is 0 Å². The van der Waals surface area contributed by atoms with Crippen molar-refractivity contribution in [2.24, 2.45) is 5.92 Å². The lowest BCUT2D eigenvalue weighted by atomic mass is 9.87. The van der Waals surface area contributed by atoms with Crippen LogP contribution in [0.25, 0.3) is 0 Å². The Labute approximate surface area is 161 Å². The van der Waals surface area contributed by atoms with Crippen molar-refractivity contribution in [2.45, 2.75) is 64.5 Å². The number of anilines is 2. The summed E-state index contributed by atoms with van der Waals surface area (Å²) in [5.41, 5.74) is 1.60. The molecule has 2 aliphatic rings. The zero-order valence-corrected chi connectivity index (χ0v) is 16.6. The van der Waals surface area contributed by atoms with Crippen LogP contribution >= 0.6 is 0 Å². The molecule has 0 radical (unpaired) electrons. The Kier molecular flexibility index (Phi) is 6.24. The molecule has 0 aromatic heterocycles. The van der Waals surface area contributed by atoms with Gasteiger partial charge in [0.25, 0.3) is 0 Å². The Morgan fingerprint density at radius 1 is 1.26 bits per heavy atom. The van der Waals surface area contributed by atoms with E-state index in [0.717, 1.165) is 43.1 Å². The van der Waals surface area contributed by atoms with E-state index in [2.05, 4.69) is 17.6 Å². The molecule has 1 heterocycles. The molecule has 1 atom stereocenters. The largest absolute Gasteiger partial charge is 0.494 e. The van der Waals surface area contributed by atoms with Crippen molar-refractivity contribution in [3.05, 3.63) is 18.2 Å². The summed E-state index contributed by atoms with van der Waals surface area (Å²) in [6.45, 7) is 4.86. The molecular weight excluding hydrogens is 342 g/mol. The van der Waals surface area contributed by atoms with Crippen LogP contribution in [0.15, 0.2) is 18.2 Å². The summed E-state index contributed by atoms with van der Waals surface area (Å²) in [4.78, 5) is 26.3. The summed E-state index contributed by atoms with van der Waals surface area (Å²) >= 11 is 0. The van der Waals surface area contributed by atoms with Crippen LogP contribution < -0.4 is 20.3 Å². The number of hydrogen-bond donors (Lipinski definition) is 2. The van der Waals surface area contributed by atoms with Gasteiger partial charge in [-0.05, 0) is 57.1 Å². The van der Waals surface area contributed by atoms with Gasteiger partial charge in [-0.15, -0.1) is 0 Å². The minimum atomic E-state index is -0.340. The van der Waals surface area contributed by atoms with E-state index in [4.69, 9.17) is 4.74 Å². The van der Waals surface area contributed by atoms with E-state index in [1.807, 2.05) is 25.1 Å². The van der Waals surface area contributed by atoms with Crippen LogP contribution in [0.5, 0.6) is 5.75 Å². The molecule has 1 aliphatic heterocycles. The fourth-order valence-electron chi connectivity index (χ4n) is 3.94. The maximum atomic E-state index is 12.5. The second-order valence-corrected chi connectivity index (χ2v) is 7.87. The van der Waals surface area contributed by atoms with Crippen LogP contribution in [0.4, 0.5) is 11.4 Å². The van der Waals surface area contributed by atoms with Crippen LogP contribution in [0, 0.1) is 5.92 Å². The predicted molar refractivity (Wildman–Crippen MR) is 107 cm³/mol. The molecule has 0 spiro atoms. The topological polar surface area (TPSA) is 70.7 Å². The molecule has 2 N–H and O–H groups in total. The van der Waals surface area contributed by atoms with E-state index >= 15 is 0 Å². The number of rotatable bonds is 6. The average molecular weight is 373 g/mol. The second-order valence-electron chi connectivity index (χ2n) is 7.87. The smallest absolute Gasteiger partial charge is 0.242 e. The monoisotopic (exact) mass is 373 g/mol. The van der Waals surface area contributed by atoms with Crippen LogP contribution in [-0.4, -0.2) is 37.6 Å². The van der Waals surface area contributed by atoms with Gasteiger partial charge in [-0.1, -0.05) is 6.92 Å². The van der Waals surface area contributed by atoms with Crippen molar-refractivity contribution in [3.63, 3.8) is 0 Å². The fraction of sp³-hybridized carbons (Fsp3) is 0.619. The van der Waals surface area contributed by atoms with Crippen molar-refractivity contribution in [1.82, 2.24) is 5.32 Å². The standard InChI is InChI=1S/C21H31N3O3/c1-14-6-8-16(9-7-14)23-21(26)15(2)22-17-10-11-18(19(13-17)27-3)24-12-4-5-20(24)25/h10-11,13-16,22H,4-9,12H2,1-3H3,(H,23,26). The van der Waals surface area contributed by atoms with E-state index in [-0.39, 0.29) is 23.9 Å². The summed E-state index contributed by atoms with van der Waals surface area (Å²) in [5, 5.41) is 6.41. The van der Waals surface area contributed by atoms with Gasteiger partial charge in [0.2, 0.25) is 11.8 Å². The number of carbonyl (C=O) groups excluding carboxylic acids is 2. The molecule has 148 valence electrons. The first-order valence-electron chi connectivity index (χ1n) is 10.0. The van der Waals surface area contributed by atoms with Gasteiger partial charge in [0.15, 0.2) is 0 Å². The molecule has 1 saturated heterocycles. The number of amides is 2. The van der Waals surface area contributed by atoms with Gasteiger partial charge in [-0.2, -0.15) is 0 Å². The third-order valence-corrected chi connectivity index (χ3v) is 5.68. The molecule has 0 bridgehead atoms. The summed E-state index contributed by atoms with van der Waals surface area (Å²) in [6, 6.07) is 5.59. The maximum Gasteiger partial charge on any atom is 0.242 e. The third kappa shape index (κ3) is 4.73. The van der Waals surface area contributed by atoms with Gasteiger partial charge in [0, 0.05) is 30.8 Å². The number of nitrogens with one attached hydrogen (secondary N) is 2. The van der Waals surface area contributed by atoms with Crippen LogP contribution in [0.3, 0.4) is 0 Å². The number of carbonyl (C=O) groups is 2. The highest BCUT2D eigenvalue weighted by atomic mass is 16.5. The van der Waals surface area contributed by atoms with Crippen molar-refractivity contribution in [2.75, 3.05) is 23.9 Å². The molecule has 6 nitrogen and oxygen atoms in total. The third-order valence-electron chi connectivity index (χ3n) is 5.68. The van der Waals surface area contributed by atoms with Gasteiger partial charge in [0.1, 0.15) is 11.8 Å². The number of hydrogen-bond acceptors (Lipinski definition) is 4. The van der Waals surface area contributed by atoms with Crippen molar-refractivity contribution in [3.8, 4) is 5.75 Å². The van der Waals surface area contributed by atoms with Crippen molar-refractivity contribution < 1.29 is 14.3 Å². The summed E-state index contributed by atoms with van der Waals surface area (Å²) in [6.07, 6.45) is 5.94. The molecule has 1 aromatic rings. The number of nitrogens with zero attached hydrogens (tertiary/aromatic N) is 1. The molecule has 1 aromatic carbocycles. The van der Waals surface area contributed by atoms with Crippen LogP contribution in [-0.2, 0) is 9.59 Å². The SMILES string of the molecule is COc1cc(NC(C)C(=O)NC2CCC(C)CC2)ccc1N1CCCC1=O. The molecule has 2 amide bonds. The first kappa shape index (κ1) is 19.5. The van der Waals surface area contributed by atoms with E-state index in [1.165, 1.54) is 12.8 Å². The van der Waals surface area contributed by atoms with E-state index < -0.39 is 0 Å². The molecule has 1 saturated carbocycles. The highest BCUT2D eigenvalue weighted by Gasteiger charge is 2.25. The lowest BCUT2D eigenvalue weighted by Gasteiger charge is -2.28. The Bertz CT molecular complexity index is 683.